The molecule has 0 radical (unpaired) electrons. The Kier molecular flexibility index (Phi) is 7.85. The predicted octanol–water partition coefficient (Wildman–Crippen LogP) is 5.45. The molecule has 0 saturated carbocycles. The summed E-state index contributed by atoms with van der Waals surface area (Å²) in [5, 5.41) is 11.4. The van der Waals surface area contributed by atoms with E-state index in [-0.39, 0.29) is 30.1 Å². The molecule has 1 amide bonds. The molecule has 1 fully saturated rings. The molecule has 6 nitrogen and oxygen atoms in total. The van der Waals surface area contributed by atoms with Crippen LogP contribution in [0.5, 0.6) is 11.5 Å². The summed E-state index contributed by atoms with van der Waals surface area (Å²) in [5.74, 6) is 1.36. The van der Waals surface area contributed by atoms with Crippen molar-refractivity contribution in [3.63, 3.8) is 0 Å². The van der Waals surface area contributed by atoms with Crippen LogP contribution in [0, 0.1) is 9.49 Å². The predicted molar refractivity (Wildman–Crippen MR) is 165 cm³/mol. The zero-order chi connectivity index (χ0) is 27.9. The fraction of sp³-hybridized carbons (Fsp3) is 0.387. The number of anilines is 1. The van der Waals surface area contributed by atoms with Crippen LogP contribution < -0.4 is 19.6 Å². The van der Waals surface area contributed by atoms with Crippen molar-refractivity contribution in [1.82, 2.24) is 0 Å². The van der Waals surface area contributed by atoms with Crippen LogP contribution >= 0.6 is 22.6 Å². The molecule has 0 aliphatic carbocycles. The van der Waals surface area contributed by atoms with Gasteiger partial charge in [0.2, 0.25) is 0 Å². The van der Waals surface area contributed by atoms with Gasteiger partial charge in [-0.25, -0.2) is 0 Å². The summed E-state index contributed by atoms with van der Waals surface area (Å²) < 4.78 is 19.1. The molecule has 2 aliphatic rings. The summed E-state index contributed by atoms with van der Waals surface area (Å²) in [7, 11) is 1.11. The van der Waals surface area contributed by atoms with Crippen molar-refractivity contribution in [3.8, 4) is 11.5 Å². The van der Waals surface area contributed by atoms with Gasteiger partial charge >= 0.3 is 0 Å². The third kappa shape index (κ3) is 4.69. The Hall–Kier alpha value is -2.40. The maximum atomic E-state index is 14.6. The molecule has 1 spiro atoms. The lowest BCUT2D eigenvalue weighted by Gasteiger charge is -2.37. The first-order valence-corrected chi connectivity index (χ1v) is 17.5. The number of ether oxygens (including phenoxy) is 3. The van der Waals surface area contributed by atoms with Crippen LogP contribution in [0.3, 0.4) is 0 Å². The van der Waals surface area contributed by atoms with Crippen LogP contribution in [-0.4, -0.2) is 46.0 Å². The first-order valence-electron chi connectivity index (χ1n) is 13.4. The van der Waals surface area contributed by atoms with Crippen LogP contribution in [0.25, 0.3) is 0 Å². The van der Waals surface area contributed by atoms with E-state index in [0.29, 0.717) is 18.7 Å². The number of carbonyl (C=O) groups excluding carboxylic acids is 1. The van der Waals surface area contributed by atoms with Gasteiger partial charge in [0.05, 0.1) is 40.6 Å². The third-order valence-electron chi connectivity index (χ3n) is 8.71. The number of hydrogen-bond donors (Lipinski definition) is 1. The Bertz CT molecular complexity index is 1350. The minimum atomic E-state index is -2.21. The summed E-state index contributed by atoms with van der Waals surface area (Å²) in [5.41, 5.74) is 1.73. The molecular weight excluding hydrogens is 621 g/mol. The average Bonchev–Trinajstić information content (AvgIpc) is 3.36. The zero-order valence-electron chi connectivity index (χ0n) is 23.1. The van der Waals surface area contributed by atoms with Gasteiger partial charge in [0.1, 0.15) is 11.5 Å². The first kappa shape index (κ1) is 28.1. The molecule has 206 valence electrons. The molecule has 0 bridgehead atoms. The number of methoxy groups -OCH3 is 2. The van der Waals surface area contributed by atoms with E-state index < -0.39 is 13.7 Å². The van der Waals surface area contributed by atoms with E-state index in [0.717, 1.165) is 26.1 Å². The molecule has 2 aliphatic heterocycles. The van der Waals surface area contributed by atoms with E-state index in [1.54, 1.807) is 14.2 Å². The maximum Gasteiger partial charge on any atom is 0.264 e. The molecule has 3 aromatic carbocycles. The number of aliphatic hydroxyl groups is 1. The van der Waals surface area contributed by atoms with Gasteiger partial charge in [0.15, 0.2) is 5.60 Å². The topological polar surface area (TPSA) is 68.2 Å². The van der Waals surface area contributed by atoms with E-state index in [9.17, 15) is 9.90 Å². The molecule has 4 atom stereocenters. The van der Waals surface area contributed by atoms with Crippen molar-refractivity contribution in [2.45, 2.75) is 50.2 Å². The fourth-order valence-electron chi connectivity index (χ4n) is 6.75. The van der Waals surface area contributed by atoms with Crippen molar-refractivity contribution in [3.05, 3.63) is 81.4 Å². The van der Waals surface area contributed by atoms with E-state index in [1.165, 1.54) is 5.19 Å². The highest BCUT2D eigenvalue weighted by Gasteiger charge is 2.66. The molecule has 5 rings (SSSR count). The molecular formula is C31H36INO5Si. The van der Waals surface area contributed by atoms with E-state index in [2.05, 4.69) is 79.0 Å². The Balaban J connectivity index is 1.61. The van der Waals surface area contributed by atoms with Gasteiger partial charge in [-0.2, -0.15) is 0 Å². The van der Waals surface area contributed by atoms with Gasteiger partial charge in [-0.3, -0.25) is 4.79 Å². The van der Waals surface area contributed by atoms with Crippen LogP contribution in [0.15, 0.2) is 66.7 Å². The van der Waals surface area contributed by atoms with Crippen molar-refractivity contribution in [1.29, 1.82) is 0 Å². The second kappa shape index (κ2) is 10.9. The standard InChI is InChI=1S/C31H36INO5Si/c1-20-29(39(4,5)25-13-10-23(36-2)11-14-25)28(16-17-34)38-31(20)26-18-24(37-3)12-15-27(26)33(30(31)35)19-21-6-8-22(32)9-7-21/h6-15,18,20,28-29,34H,16-17,19H2,1-5H3/t20-,28+,29-,31+/m1/s1. The van der Waals surface area contributed by atoms with Crippen LogP contribution in [-0.2, 0) is 21.7 Å². The quantitative estimate of drug-likeness (QED) is 0.258. The van der Waals surface area contributed by atoms with E-state index in [1.807, 2.05) is 35.2 Å². The number of rotatable bonds is 8. The first-order chi connectivity index (χ1) is 18.7. The molecule has 3 aromatic rings. The van der Waals surface area contributed by atoms with Gasteiger partial charge in [0, 0.05) is 21.7 Å². The second-order valence-electron chi connectivity index (χ2n) is 11.1. The van der Waals surface area contributed by atoms with Crippen molar-refractivity contribution in [2.24, 2.45) is 5.92 Å². The maximum absolute atomic E-state index is 14.6. The highest BCUT2D eigenvalue weighted by Crippen LogP contribution is 2.60. The second-order valence-corrected chi connectivity index (χ2v) is 17.0. The van der Waals surface area contributed by atoms with E-state index in [4.69, 9.17) is 14.2 Å². The number of aliphatic hydroxyl groups excluding tert-OH is 1. The normalized spacial score (nSPS) is 24.3. The molecule has 0 unspecified atom stereocenters. The lowest BCUT2D eigenvalue weighted by atomic mass is 9.82. The summed E-state index contributed by atoms with van der Waals surface area (Å²) in [6.45, 7) is 7.32. The third-order valence-corrected chi connectivity index (χ3v) is 13.8. The van der Waals surface area contributed by atoms with Gasteiger partial charge in [-0.05, 0) is 82.6 Å². The van der Waals surface area contributed by atoms with Gasteiger partial charge in [-0.15, -0.1) is 0 Å². The van der Waals surface area contributed by atoms with Crippen LogP contribution in [0.2, 0.25) is 18.6 Å². The molecule has 1 saturated heterocycles. The summed E-state index contributed by atoms with van der Waals surface area (Å²) in [6, 6.07) is 22.4. The number of nitrogens with zero attached hydrogens (tertiary/aromatic N) is 1. The molecule has 0 aromatic heterocycles. The minimum absolute atomic E-state index is 0.00256. The lowest BCUT2D eigenvalue weighted by Crippen LogP contribution is -2.51. The number of benzene rings is 3. The Morgan fingerprint density at radius 2 is 1.64 bits per heavy atom. The Labute approximate surface area is 245 Å². The highest BCUT2D eigenvalue weighted by atomic mass is 127. The SMILES string of the molecule is COc1ccc([Si](C)(C)[C@H]2[C@H](CCO)O[C@@]3(C(=O)N(Cc4ccc(I)cc4)c4ccc(OC)cc43)[C@@H]2C)cc1. The number of amides is 1. The smallest absolute Gasteiger partial charge is 0.264 e. The number of halogens is 1. The minimum Gasteiger partial charge on any atom is -0.497 e. The van der Waals surface area contributed by atoms with Crippen molar-refractivity contribution in [2.75, 3.05) is 25.7 Å². The molecule has 39 heavy (non-hydrogen) atoms. The average molecular weight is 658 g/mol. The highest BCUT2D eigenvalue weighted by molar-refractivity contribution is 14.1. The molecule has 8 heteroatoms. The summed E-state index contributed by atoms with van der Waals surface area (Å²) in [6.07, 6.45) is 0.225. The van der Waals surface area contributed by atoms with Crippen LogP contribution in [0.4, 0.5) is 5.69 Å². The fourth-order valence-corrected chi connectivity index (χ4v) is 11.2. The van der Waals surface area contributed by atoms with Crippen molar-refractivity contribution < 1.29 is 24.1 Å². The Morgan fingerprint density at radius 3 is 2.26 bits per heavy atom. The molecule has 1 N–H and O–H groups in total. The van der Waals surface area contributed by atoms with Gasteiger partial charge in [0.25, 0.3) is 5.91 Å². The molecule has 2 heterocycles. The number of fused-ring (bicyclic) bond motifs is 2. The number of carbonyl (C=O) groups is 1. The summed E-state index contributed by atoms with van der Waals surface area (Å²) >= 11 is 2.29. The monoisotopic (exact) mass is 657 g/mol. The van der Waals surface area contributed by atoms with Gasteiger partial charge < -0.3 is 24.2 Å². The van der Waals surface area contributed by atoms with Crippen LogP contribution in [0.1, 0.15) is 24.5 Å². The Morgan fingerprint density at radius 1 is 1.00 bits per heavy atom. The summed E-state index contributed by atoms with van der Waals surface area (Å²) in [4.78, 5) is 16.5. The largest absolute Gasteiger partial charge is 0.497 e. The lowest BCUT2D eigenvalue weighted by molar-refractivity contribution is -0.146. The zero-order valence-corrected chi connectivity index (χ0v) is 26.3. The van der Waals surface area contributed by atoms with Crippen molar-refractivity contribution >= 4 is 47.4 Å². The van der Waals surface area contributed by atoms with Gasteiger partial charge in [-0.1, -0.05) is 49.5 Å². The number of hydrogen-bond acceptors (Lipinski definition) is 5. The van der Waals surface area contributed by atoms with E-state index >= 15 is 0 Å².